The van der Waals surface area contributed by atoms with Crippen molar-refractivity contribution in [2.75, 3.05) is 14.1 Å². The smallest absolute Gasteiger partial charge is 0.238 e. The molecule has 94 valence electrons. The monoisotopic (exact) mass is 290 g/mol. The molecule has 0 saturated heterocycles. The van der Waals surface area contributed by atoms with Gasteiger partial charge in [-0.25, -0.2) is 13.6 Å². The highest BCUT2D eigenvalue weighted by Gasteiger charge is 2.13. The predicted octanol–water partition coefficient (Wildman–Crippen LogP) is 1.41. The summed E-state index contributed by atoms with van der Waals surface area (Å²) < 4.78 is 23.4. The Morgan fingerprint density at radius 3 is 2.53 bits per heavy atom. The molecule has 0 bridgehead atoms. The number of rotatable bonds is 3. The van der Waals surface area contributed by atoms with Gasteiger partial charge >= 0.3 is 0 Å². The molecule has 17 heavy (non-hydrogen) atoms. The Morgan fingerprint density at radius 2 is 2.00 bits per heavy atom. The molecule has 0 fully saturated rings. The lowest BCUT2D eigenvalue weighted by molar-refractivity contribution is 0.597. The summed E-state index contributed by atoms with van der Waals surface area (Å²) in [5.41, 5.74) is 0.671. The SMILES string of the molecule is CN(C)C(=S)SCc1ccccc1S(N)(=O)=O. The highest BCUT2D eigenvalue weighted by atomic mass is 32.2. The molecule has 0 spiro atoms. The zero-order valence-electron chi connectivity index (χ0n) is 9.58. The molecule has 1 rings (SSSR count). The van der Waals surface area contributed by atoms with Crippen molar-refractivity contribution in [2.24, 2.45) is 5.14 Å². The molecule has 0 atom stereocenters. The van der Waals surface area contributed by atoms with E-state index in [9.17, 15) is 8.42 Å². The molecule has 1 aromatic carbocycles. The summed E-state index contributed by atoms with van der Waals surface area (Å²) >= 11 is 6.53. The molecule has 0 radical (unpaired) electrons. The van der Waals surface area contributed by atoms with Gasteiger partial charge in [-0.3, -0.25) is 0 Å². The fourth-order valence-corrected chi connectivity index (χ4v) is 3.00. The van der Waals surface area contributed by atoms with Crippen LogP contribution in [0.2, 0.25) is 0 Å². The largest absolute Gasteiger partial charge is 0.364 e. The van der Waals surface area contributed by atoms with Gasteiger partial charge in [0.05, 0.1) is 4.90 Å². The molecule has 4 nitrogen and oxygen atoms in total. The number of nitrogens with zero attached hydrogens (tertiary/aromatic N) is 1. The summed E-state index contributed by atoms with van der Waals surface area (Å²) in [5.74, 6) is 0.490. The van der Waals surface area contributed by atoms with Crippen molar-refractivity contribution in [1.82, 2.24) is 4.90 Å². The molecule has 0 saturated carbocycles. The number of nitrogens with two attached hydrogens (primary N) is 1. The highest BCUT2D eigenvalue weighted by molar-refractivity contribution is 8.22. The van der Waals surface area contributed by atoms with Crippen LogP contribution in [-0.4, -0.2) is 31.7 Å². The molecule has 0 unspecified atom stereocenters. The molecule has 0 aromatic heterocycles. The van der Waals surface area contributed by atoms with E-state index in [4.69, 9.17) is 17.4 Å². The minimum atomic E-state index is -3.67. The summed E-state index contributed by atoms with van der Waals surface area (Å²) in [6.45, 7) is 0. The van der Waals surface area contributed by atoms with Gasteiger partial charge in [0.1, 0.15) is 4.32 Å². The molecular formula is C10H14N2O2S3. The number of thioether (sulfide) groups is 1. The van der Waals surface area contributed by atoms with Crippen LogP contribution in [0, 0.1) is 0 Å². The lowest BCUT2D eigenvalue weighted by atomic mass is 10.2. The number of thiocarbonyl (C=S) groups is 1. The average molecular weight is 290 g/mol. The molecule has 0 aliphatic carbocycles. The molecule has 0 heterocycles. The number of primary sulfonamides is 1. The Bertz CT molecular complexity index is 512. The van der Waals surface area contributed by atoms with E-state index in [1.54, 1.807) is 23.1 Å². The van der Waals surface area contributed by atoms with Crippen molar-refractivity contribution in [3.05, 3.63) is 29.8 Å². The van der Waals surface area contributed by atoms with Crippen LogP contribution in [0.15, 0.2) is 29.2 Å². The quantitative estimate of drug-likeness (QED) is 0.853. The van der Waals surface area contributed by atoms with Crippen LogP contribution in [0.5, 0.6) is 0 Å². The zero-order valence-corrected chi connectivity index (χ0v) is 12.0. The standard InChI is InChI=1S/C10H14N2O2S3/c1-12(2)10(15)16-7-8-5-3-4-6-9(8)17(11,13)14/h3-6H,7H2,1-2H3,(H2,11,13,14). The fourth-order valence-electron chi connectivity index (χ4n) is 1.17. The normalized spacial score (nSPS) is 11.2. The Hall–Kier alpha value is -0.630. The van der Waals surface area contributed by atoms with E-state index in [1.807, 2.05) is 14.1 Å². The van der Waals surface area contributed by atoms with E-state index in [1.165, 1.54) is 17.8 Å². The predicted molar refractivity (Wildman–Crippen MR) is 75.4 cm³/mol. The third-order valence-electron chi connectivity index (χ3n) is 2.00. The van der Waals surface area contributed by atoms with Crippen molar-refractivity contribution in [1.29, 1.82) is 0 Å². The van der Waals surface area contributed by atoms with E-state index in [-0.39, 0.29) is 4.90 Å². The number of benzene rings is 1. The second-order valence-corrected chi connectivity index (χ2v) is 6.74. The third kappa shape index (κ3) is 4.27. The molecular weight excluding hydrogens is 276 g/mol. The Labute approximate surface area is 111 Å². The van der Waals surface area contributed by atoms with E-state index in [2.05, 4.69) is 0 Å². The van der Waals surface area contributed by atoms with Crippen LogP contribution in [0.1, 0.15) is 5.56 Å². The molecule has 0 aliphatic heterocycles. The van der Waals surface area contributed by atoms with Crippen LogP contribution in [0.4, 0.5) is 0 Å². The van der Waals surface area contributed by atoms with Crippen molar-refractivity contribution < 1.29 is 8.42 Å². The van der Waals surface area contributed by atoms with Crippen LogP contribution < -0.4 is 5.14 Å². The lowest BCUT2D eigenvalue weighted by Crippen LogP contribution is -2.17. The second kappa shape index (κ2) is 5.81. The minimum Gasteiger partial charge on any atom is -0.364 e. The van der Waals surface area contributed by atoms with Crippen LogP contribution in [0.25, 0.3) is 0 Å². The van der Waals surface area contributed by atoms with E-state index < -0.39 is 10.0 Å². The Kier molecular flexibility index (Phi) is 4.93. The first-order chi connectivity index (χ1) is 7.82. The molecule has 2 N–H and O–H groups in total. The van der Waals surface area contributed by atoms with Gasteiger partial charge in [-0.05, 0) is 11.6 Å². The van der Waals surface area contributed by atoms with E-state index >= 15 is 0 Å². The van der Waals surface area contributed by atoms with Gasteiger partial charge in [0.2, 0.25) is 10.0 Å². The number of hydrogen-bond acceptors (Lipinski definition) is 4. The lowest BCUT2D eigenvalue weighted by Gasteiger charge is -2.13. The van der Waals surface area contributed by atoms with Gasteiger partial charge in [0, 0.05) is 19.8 Å². The summed E-state index contributed by atoms with van der Waals surface area (Å²) in [4.78, 5) is 1.97. The molecule has 0 amide bonds. The van der Waals surface area contributed by atoms with Crippen LogP contribution in [-0.2, 0) is 15.8 Å². The topological polar surface area (TPSA) is 63.4 Å². The van der Waals surface area contributed by atoms with Gasteiger partial charge in [0.25, 0.3) is 0 Å². The zero-order chi connectivity index (χ0) is 13.1. The highest BCUT2D eigenvalue weighted by Crippen LogP contribution is 2.21. The number of sulfonamides is 1. The average Bonchev–Trinajstić information content (AvgIpc) is 2.24. The van der Waals surface area contributed by atoms with Crippen molar-refractivity contribution >= 4 is 38.3 Å². The summed E-state index contributed by atoms with van der Waals surface area (Å²) in [5, 5.41) is 5.14. The van der Waals surface area contributed by atoms with E-state index in [0.29, 0.717) is 15.6 Å². The summed E-state index contributed by atoms with van der Waals surface area (Å²) in [6.07, 6.45) is 0. The van der Waals surface area contributed by atoms with Gasteiger partial charge in [-0.15, -0.1) is 0 Å². The van der Waals surface area contributed by atoms with Crippen molar-refractivity contribution in [2.45, 2.75) is 10.6 Å². The van der Waals surface area contributed by atoms with Gasteiger partial charge in [-0.1, -0.05) is 42.2 Å². The maximum absolute atomic E-state index is 11.4. The van der Waals surface area contributed by atoms with Crippen molar-refractivity contribution in [3.63, 3.8) is 0 Å². The van der Waals surface area contributed by atoms with Gasteiger partial charge in [0.15, 0.2) is 0 Å². The first kappa shape index (κ1) is 14.4. The van der Waals surface area contributed by atoms with Crippen molar-refractivity contribution in [3.8, 4) is 0 Å². The first-order valence-corrected chi connectivity index (χ1v) is 7.71. The number of hydrogen-bond donors (Lipinski definition) is 1. The second-order valence-electron chi connectivity index (χ2n) is 3.60. The third-order valence-corrected chi connectivity index (χ3v) is 4.79. The van der Waals surface area contributed by atoms with Crippen LogP contribution in [0.3, 0.4) is 0 Å². The maximum atomic E-state index is 11.4. The minimum absolute atomic E-state index is 0.161. The van der Waals surface area contributed by atoms with Gasteiger partial charge in [-0.2, -0.15) is 0 Å². The molecule has 1 aromatic rings. The first-order valence-electron chi connectivity index (χ1n) is 4.77. The Morgan fingerprint density at radius 1 is 1.41 bits per heavy atom. The Balaban J connectivity index is 2.89. The summed E-state index contributed by atoms with van der Waals surface area (Å²) in [6, 6.07) is 6.68. The fraction of sp³-hybridized carbons (Fsp3) is 0.300. The summed E-state index contributed by atoms with van der Waals surface area (Å²) in [7, 11) is 0.0244. The van der Waals surface area contributed by atoms with E-state index in [0.717, 1.165) is 0 Å². The van der Waals surface area contributed by atoms with Crippen LogP contribution >= 0.6 is 24.0 Å². The maximum Gasteiger partial charge on any atom is 0.238 e. The molecule has 0 aliphatic rings. The molecule has 7 heteroatoms. The van der Waals surface area contributed by atoms with Gasteiger partial charge < -0.3 is 4.90 Å².